The molecule has 0 unspecified atom stereocenters. The number of benzene rings is 1. The summed E-state index contributed by atoms with van der Waals surface area (Å²) in [7, 11) is 0. The molecule has 89 valence electrons. The van der Waals surface area contributed by atoms with Gasteiger partial charge < -0.3 is 0 Å². The summed E-state index contributed by atoms with van der Waals surface area (Å²) in [5.41, 5.74) is -2.41. The van der Waals surface area contributed by atoms with Gasteiger partial charge in [0.05, 0.1) is 11.6 Å². The fourth-order valence-electron chi connectivity index (χ4n) is 0.885. The predicted molar refractivity (Wildman–Crippen MR) is 35.1 cm³/mol. The quantitative estimate of drug-likeness (QED) is 0.527. The Hall–Kier alpha value is -1.34. The lowest BCUT2D eigenvalue weighted by Gasteiger charge is -2.20. The van der Waals surface area contributed by atoms with Crippen LogP contribution < -0.4 is 0 Å². The van der Waals surface area contributed by atoms with E-state index in [0.717, 1.165) is 6.07 Å². The Balaban J connectivity index is 3.44. The van der Waals surface area contributed by atoms with Crippen LogP contribution in [0.2, 0.25) is 0 Å². The zero-order chi connectivity index (χ0) is 12.7. The third kappa shape index (κ3) is 1.96. The van der Waals surface area contributed by atoms with Gasteiger partial charge >= 0.3 is 12.1 Å². The van der Waals surface area contributed by atoms with E-state index in [1.807, 2.05) is 0 Å². The maximum atomic E-state index is 12.7. The average molecular weight is 249 g/mol. The van der Waals surface area contributed by atoms with E-state index in [4.69, 9.17) is 0 Å². The first kappa shape index (κ1) is 12.7. The summed E-state index contributed by atoms with van der Waals surface area (Å²) in [5.74, 6) is -12.2. The highest BCUT2D eigenvalue weighted by Crippen LogP contribution is 2.45. The Bertz CT molecular complexity index is 405. The Morgan fingerprint density at radius 3 is 1.88 bits per heavy atom. The fourth-order valence-corrected chi connectivity index (χ4v) is 0.885. The minimum absolute atomic E-state index is 0.452. The van der Waals surface area contributed by atoms with Gasteiger partial charge in [-0.15, -0.1) is 0 Å². The molecule has 0 spiro atoms. The van der Waals surface area contributed by atoms with Crippen molar-refractivity contribution in [3.63, 3.8) is 0 Å². The maximum absolute atomic E-state index is 12.7. The van der Waals surface area contributed by atoms with Crippen LogP contribution in [0.25, 0.3) is 0 Å². The Morgan fingerprint density at radius 1 is 0.938 bits per heavy atom. The lowest BCUT2D eigenvalue weighted by molar-refractivity contribution is -0.290. The Labute approximate surface area is 83.5 Å². The first-order chi connectivity index (χ1) is 7.07. The molecule has 0 heterocycles. The van der Waals surface area contributed by atoms with E-state index < -0.39 is 41.2 Å². The van der Waals surface area contributed by atoms with Crippen LogP contribution in [0.1, 0.15) is 5.56 Å². The summed E-state index contributed by atoms with van der Waals surface area (Å²) in [6.45, 7) is 0. The molecule has 0 aromatic heterocycles. The van der Waals surface area contributed by atoms with Crippen LogP contribution in [-0.4, -0.2) is 6.18 Å². The lowest BCUT2D eigenvalue weighted by Crippen LogP contribution is -2.35. The molecule has 1 radical (unpaired) electrons. The maximum Gasteiger partial charge on any atom is 0.458 e. The molecule has 0 atom stereocenters. The second-order valence-corrected chi connectivity index (χ2v) is 2.73. The average Bonchev–Trinajstić information content (AvgIpc) is 2.09. The molecule has 0 amide bonds. The zero-order valence-electron chi connectivity index (χ0n) is 7.10. The van der Waals surface area contributed by atoms with Gasteiger partial charge in [-0.05, 0) is 6.07 Å². The number of halogens is 8. The molecule has 0 saturated heterocycles. The second-order valence-electron chi connectivity index (χ2n) is 2.73. The standard InChI is InChI=1S/C8HF8/c9-3-1-4(6(11)5(10)2-3)7(12,13)8(14,15)16/h1H. The minimum atomic E-state index is -6.14. The van der Waals surface area contributed by atoms with Crippen molar-refractivity contribution < 1.29 is 35.1 Å². The molecule has 0 nitrogen and oxygen atoms in total. The van der Waals surface area contributed by atoms with Crippen LogP contribution in [0.5, 0.6) is 0 Å². The van der Waals surface area contributed by atoms with E-state index in [0.29, 0.717) is 0 Å². The van der Waals surface area contributed by atoms with E-state index >= 15 is 0 Å². The predicted octanol–water partition coefficient (Wildman–Crippen LogP) is 3.56. The van der Waals surface area contributed by atoms with Gasteiger partial charge in [-0.25, -0.2) is 13.2 Å². The molecule has 1 aromatic carbocycles. The van der Waals surface area contributed by atoms with E-state index in [-0.39, 0.29) is 0 Å². The molecule has 0 aliphatic carbocycles. The van der Waals surface area contributed by atoms with E-state index in [1.54, 1.807) is 0 Å². The van der Waals surface area contributed by atoms with E-state index in [2.05, 4.69) is 0 Å². The van der Waals surface area contributed by atoms with Crippen LogP contribution in [0, 0.1) is 23.5 Å². The minimum Gasteiger partial charge on any atom is -0.206 e. The molecule has 0 aliphatic heterocycles. The van der Waals surface area contributed by atoms with Crippen molar-refractivity contribution in [2.75, 3.05) is 0 Å². The SMILES string of the molecule is Fc1[c]c(F)c(F)c(C(F)(F)C(F)(F)F)c1. The van der Waals surface area contributed by atoms with Gasteiger partial charge in [0.1, 0.15) is 5.82 Å². The smallest absolute Gasteiger partial charge is 0.206 e. The molecule has 0 aliphatic rings. The number of alkyl halides is 5. The molecule has 0 fully saturated rings. The Morgan fingerprint density at radius 2 is 1.44 bits per heavy atom. The summed E-state index contributed by atoms with van der Waals surface area (Å²) in [4.78, 5) is 0. The number of hydrogen-bond donors (Lipinski definition) is 0. The topological polar surface area (TPSA) is 0 Å². The van der Waals surface area contributed by atoms with Gasteiger partial charge in [0.25, 0.3) is 0 Å². The monoisotopic (exact) mass is 249 g/mol. The normalized spacial score (nSPS) is 13.0. The summed E-state index contributed by atoms with van der Waals surface area (Å²) < 4.78 is 97.9. The molecule has 0 bridgehead atoms. The van der Waals surface area contributed by atoms with Gasteiger partial charge in [0.2, 0.25) is 0 Å². The Kier molecular flexibility index (Phi) is 2.86. The summed E-state index contributed by atoms with van der Waals surface area (Å²) in [5, 5.41) is 0. The van der Waals surface area contributed by atoms with Gasteiger partial charge in [-0.1, -0.05) is 0 Å². The van der Waals surface area contributed by atoms with Crippen LogP contribution in [0.15, 0.2) is 6.07 Å². The van der Waals surface area contributed by atoms with Gasteiger partial charge in [0.15, 0.2) is 11.6 Å². The van der Waals surface area contributed by atoms with Crippen molar-refractivity contribution in [1.29, 1.82) is 0 Å². The molecule has 16 heavy (non-hydrogen) atoms. The van der Waals surface area contributed by atoms with Crippen molar-refractivity contribution >= 4 is 0 Å². The van der Waals surface area contributed by atoms with E-state index in [1.165, 1.54) is 0 Å². The molecular weight excluding hydrogens is 248 g/mol. The van der Waals surface area contributed by atoms with Gasteiger partial charge in [-0.2, -0.15) is 22.0 Å². The summed E-state index contributed by atoms with van der Waals surface area (Å²) in [6.07, 6.45) is -6.14. The molecular formula is C8HF8. The van der Waals surface area contributed by atoms with Crippen LogP contribution in [-0.2, 0) is 5.92 Å². The zero-order valence-corrected chi connectivity index (χ0v) is 7.10. The largest absolute Gasteiger partial charge is 0.458 e. The molecule has 0 N–H and O–H groups in total. The second kappa shape index (κ2) is 3.60. The number of hydrogen-bond acceptors (Lipinski definition) is 0. The van der Waals surface area contributed by atoms with Crippen LogP contribution >= 0.6 is 0 Å². The third-order valence-corrected chi connectivity index (χ3v) is 1.62. The lowest BCUT2D eigenvalue weighted by atomic mass is 10.1. The van der Waals surface area contributed by atoms with Crippen molar-refractivity contribution in [3.8, 4) is 0 Å². The highest BCUT2D eigenvalue weighted by molar-refractivity contribution is 5.25. The highest BCUT2D eigenvalue weighted by Gasteiger charge is 2.60. The summed E-state index contributed by atoms with van der Waals surface area (Å²) in [6, 6.07) is 0.541. The third-order valence-electron chi connectivity index (χ3n) is 1.62. The van der Waals surface area contributed by atoms with Gasteiger partial charge in [0, 0.05) is 0 Å². The molecule has 1 aromatic rings. The van der Waals surface area contributed by atoms with Crippen LogP contribution in [0.4, 0.5) is 35.1 Å². The van der Waals surface area contributed by atoms with Crippen LogP contribution in [0.3, 0.4) is 0 Å². The van der Waals surface area contributed by atoms with E-state index in [9.17, 15) is 35.1 Å². The van der Waals surface area contributed by atoms with Crippen molar-refractivity contribution in [2.45, 2.75) is 12.1 Å². The van der Waals surface area contributed by atoms with Crippen molar-refractivity contribution in [2.24, 2.45) is 0 Å². The molecule has 8 heteroatoms. The first-order valence-corrected chi connectivity index (χ1v) is 3.59. The highest BCUT2D eigenvalue weighted by atomic mass is 19.4. The van der Waals surface area contributed by atoms with Crippen molar-refractivity contribution in [1.82, 2.24) is 0 Å². The first-order valence-electron chi connectivity index (χ1n) is 3.59. The van der Waals surface area contributed by atoms with Crippen molar-refractivity contribution in [3.05, 3.63) is 35.1 Å². The molecule has 1 rings (SSSR count). The summed E-state index contributed by atoms with van der Waals surface area (Å²) >= 11 is 0. The number of rotatable bonds is 1. The molecule has 0 saturated carbocycles. The van der Waals surface area contributed by atoms with Gasteiger partial charge in [-0.3, -0.25) is 0 Å². The fraction of sp³-hybridized carbons (Fsp3) is 0.250.